The molecule has 0 spiro atoms. The van der Waals surface area contributed by atoms with Gasteiger partial charge in [-0.05, 0) is 18.8 Å². The Morgan fingerprint density at radius 1 is 1.63 bits per heavy atom. The van der Waals surface area contributed by atoms with E-state index in [1.54, 1.807) is 11.6 Å². The van der Waals surface area contributed by atoms with Crippen LogP contribution in [0, 0.1) is 5.92 Å². The third-order valence-electron chi connectivity index (χ3n) is 3.08. The average molecular weight is 322 g/mol. The Balaban J connectivity index is 1.86. The summed E-state index contributed by atoms with van der Waals surface area (Å²) in [4.78, 5) is 4.50. The summed E-state index contributed by atoms with van der Waals surface area (Å²) < 4.78 is 28.2. The molecule has 2 N–H and O–H groups in total. The fourth-order valence-electron chi connectivity index (χ4n) is 1.89. The molecule has 0 aromatic carbocycles. The molecule has 2 aromatic heterocycles. The summed E-state index contributed by atoms with van der Waals surface area (Å²) in [7, 11) is -3.78. The number of sulfonamides is 1. The average Bonchev–Trinajstić information content (AvgIpc) is 3.02. The predicted octanol–water partition coefficient (Wildman–Crippen LogP) is 1.10. The maximum Gasteiger partial charge on any atom is 0.259 e. The van der Waals surface area contributed by atoms with Gasteiger partial charge >= 0.3 is 0 Å². The van der Waals surface area contributed by atoms with Crippen LogP contribution in [-0.4, -0.2) is 35.6 Å². The molecule has 9 heteroatoms. The molecule has 1 fully saturated rings. The highest BCUT2D eigenvalue weighted by Crippen LogP contribution is 2.32. The molecule has 3 rings (SSSR count). The lowest BCUT2D eigenvalue weighted by Crippen LogP contribution is -2.33. The molecule has 0 saturated heterocycles. The quantitative estimate of drug-likeness (QED) is 0.863. The molecule has 2 heterocycles. The zero-order valence-corrected chi connectivity index (χ0v) is 12.2. The monoisotopic (exact) mass is 321 g/mol. The first kappa shape index (κ1) is 13.3. The van der Waals surface area contributed by atoms with Crippen molar-refractivity contribution < 1.29 is 13.5 Å². The molecule has 1 unspecified atom stereocenters. The van der Waals surface area contributed by atoms with Gasteiger partial charge in [0, 0.05) is 18.1 Å². The van der Waals surface area contributed by atoms with Crippen LogP contribution in [0.25, 0.3) is 4.96 Å². The van der Waals surface area contributed by atoms with Crippen LogP contribution in [0.4, 0.5) is 0 Å². The summed E-state index contributed by atoms with van der Waals surface area (Å²) in [5.74, 6) is 0.213. The van der Waals surface area contributed by atoms with E-state index in [0.717, 1.165) is 12.8 Å². The van der Waals surface area contributed by atoms with Crippen LogP contribution in [0.1, 0.15) is 12.8 Å². The first-order chi connectivity index (χ1) is 8.99. The van der Waals surface area contributed by atoms with Gasteiger partial charge < -0.3 is 5.11 Å². The molecule has 0 aliphatic heterocycles. The van der Waals surface area contributed by atoms with E-state index >= 15 is 0 Å². The van der Waals surface area contributed by atoms with Gasteiger partial charge in [-0.1, -0.05) is 11.6 Å². The molecule has 19 heavy (non-hydrogen) atoms. The molecular formula is C10H12ClN3O3S2. The third-order valence-corrected chi connectivity index (χ3v) is 5.66. The van der Waals surface area contributed by atoms with Crippen molar-refractivity contribution in [3.8, 4) is 0 Å². The molecule has 6 nitrogen and oxygen atoms in total. The van der Waals surface area contributed by atoms with Crippen molar-refractivity contribution in [3.63, 3.8) is 0 Å². The molecule has 0 bridgehead atoms. The number of aliphatic hydroxyl groups excluding tert-OH is 1. The number of imidazole rings is 1. The molecule has 1 aliphatic carbocycles. The van der Waals surface area contributed by atoms with Crippen LogP contribution < -0.4 is 4.72 Å². The second kappa shape index (κ2) is 4.71. The minimum absolute atomic E-state index is 0.000694. The summed E-state index contributed by atoms with van der Waals surface area (Å²) in [5.41, 5.74) is 0. The number of halogens is 1. The highest BCUT2D eigenvalue weighted by molar-refractivity contribution is 7.89. The Kier molecular flexibility index (Phi) is 3.30. The number of rotatable bonds is 5. The van der Waals surface area contributed by atoms with Gasteiger partial charge in [0.1, 0.15) is 0 Å². The third kappa shape index (κ3) is 2.50. The number of nitrogens with one attached hydrogen (secondary N) is 1. The normalized spacial score (nSPS) is 18.0. The minimum Gasteiger partial charge on any atom is -0.391 e. The van der Waals surface area contributed by atoms with Crippen molar-refractivity contribution in [1.29, 1.82) is 0 Å². The maximum atomic E-state index is 12.2. The van der Waals surface area contributed by atoms with Crippen LogP contribution in [0.5, 0.6) is 0 Å². The number of thiazole rings is 1. The molecular weight excluding hydrogens is 310 g/mol. The number of hydrogen-bond donors (Lipinski definition) is 2. The second-order valence-electron chi connectivity index (χ2n) is 4.52. The largest absolute Gasteiger partial charge is 0.391 e. The zero-order chi connectivity index (χ0) is 13.6. The molecule has 1 saturated carbocycles. The van der Waals surface area contributed by atoms with Crippen molar-refractivity contribution in [1.82, 2.24) is 14.1 Å². The minimum atomic E-state index is -3.78. The Morgan fingerprint density at radius 3 is 3.05 bits per heavy atom. The van der Waals surface area contributed by atoms with E-state index < -0.39 is 16.1 Å². The summed E-state index contributed by atoms with van der Waals surface area (Å²) in [6, 6.07) is 0. The van der Waals surface area contributed by atoms with Crippen molar-refractivity contribution in [3.05, 3.63) is 16.7 Å². The van der Waals surface area contributed by atoms with Crippen molar-refractivity contribution >= 4 is 37.9 Å². The van der Waals surface area contributed by atoms with Crippen LogP contribution >= 0.6 is 22.9 Å². The standard InChI is InChI=1S/C10H12ClN3O3S2/c11-8-9(14-3-4-18-10(14)13-8)19(16,17)12-5-7(15)6-1-2-6/h3-4,6-7,12,15H,1-2,5H2. The van der Waals surface area contributed by atoms with E-state index in [2.05, 4.69) is 9.71 Å². The lowest BCUT2D eigenvalue weighted by molar-refractivity contribution is 0.155. The van der Waals surface area contributed by atoms with Gasteiger partial charge in [0.2, 0.25) is 0 Å². The van der Waals surface area contributed by atoms with Crippen molar-refractivity contribution in [2.24, 2.45) is 5.92 Å². The maximum absolute atomic E-state index is 12.2. The molecule has 2 aromatic rings. The van der Waals surface area contributed by atoms with E-state index in [-0.39, 0.29) is 22.6 Å². The highest BCUT2D eigenvalue weighted by atomic mass is 35.5. The van der Waals surface area contributed by atoms with E-state index in [1.165, 1.54) is 15.7 Å². The molecule has 0 radical (unpaired) electrons. The lowest BCUT2D eigenvalue weighted by Gasteiger charge is -2.10. The van der Waals surface area contributed by atoms with Crippen LogP contribution in [0.15, 0.2) is 16.6 Å². The van der Waals surface area contributed by atoms with Gasteiger partial charge in [0.05, 0.1) is 6.10 Å². The highest BCUT2D eigenvalue weighted by Gasteiger charge is 2.32. The predicted molar refractivity (Wildman–Crippen MR) is 72.0 cm³/mol. The Labute approximate surface area is 119 Å². The SMILES string of the molecule is O=S(=O)(NCC(O)C1CC1)c1c(Cl)nc2sccn12. The lowest BCUT2D eigenvalue weighted by atomic mass is 10.2. The van der Waals surface area contributed by atoms with Crippen LogP contribution in [-0.2, 0) is 10.0 Å². The van der Waals surface area contributed by atoms with Gasteiger partial charge in [0.25, 0.3) is 10.0 Å². The number of nitrogens with zero attached hydrogens (tertiary/aromatic N) is 2. The summed E-state index contributed by atoms with van der Waals surface area (Å²) in [5, 5.41) is 11.3. The van der Waals surface area contributed by atoms with Gasteiger partial charge in [-0.2, -0.15) is 0 Å². The van der Waals surface area contributed by atoms with E-state index in [0.29, 0.717) is 4.96 Å². The van der Waals surface area contributed by atoms with Crippen molar-refractivity contribution in [2.75, 3.05) is 6.54 Å². The van der Waals surface area contributed by atoms with Crippen molar-refractivity contribution in [2.45, 2.75) is 24.0 Å². The molecule has 104 valence electrons. The van der Waals surface area contributed by atoms with Gasteiger partial charge in [-0.25, -0.2) is 18.1 Å². The van der Waals surface area contributed by atoms with E-state index in [1.807, 2.05) is 0 Å². The molecule has 1 atom stereocenters. The summed E-state index contributed by atoms with van der Waals surface area (Å²) in [6.07, 6.45) is 2.86. The first-order valence-corrected chi connectivity index (χ1v) is 8.52. The Morgan fingerprint density at radius 2 is 2.37 bits per heavy atom. The number of hydrogen-bond acceptors (Lipinski definition) is 5. The van der Waals surface area contributed by atoms with Gasteiger partial charge in [-0.15, -0.1) is 11.3 Å². The summed E-state index contributed by atoms with van der Waals surface area (Å²) in [6.45, 7) is 0.000694. The van der Waals surface area contributed by atoms with Crippen LogP contribution in [0.2, 0.25) is 5.15 Å². The molecule has 1 aliphatic rings. The van der Waals surface area contributed by atoms with Gasteiger partial charge in [-0.3, -0.25) is 4.40 Å². The fraction of sp³-hybridized carbons (Fsp3) is 0.500. The topological polar surface area (TPSA) is 83.7 Å². The number of fused-ring (bicyclic) bond motifs is 1. The number of aliphatic hydroxyl groups is 1. The Bertz CT molecular complexity index is 705. The smallest absolute Gasteiger partial charge is 0.259 e. The van der Waals surface area contributed by atoms with Crippen LogP contribution in [0.3, 0.4) is 0 Å². The number of aromatic nitrogens is 2. The summed E-state index contributed by atoms with van der Waals surface area (Å²) >= 11 is 7.18. The zero-order valence-electron chi connectivity index (χ0n) is 9.78. The van der Waals surface area contributed by atoms with E-state index in [4.69, 9.17) is 11.6 Å². The second-order valence-corrected chi connectivity index (χ2v) is 7.43. The first-order valence-electron chi connectivity index (χ1n) is 5.78. The van der Waals surface area contributed by atoms with Gasteiger partial charge in [0.15, 0.2) is 15.1 Å². The molecule has 0 amide bonds. The fourth-order valence-corrected chi connectivity index (χ4v) is 4.39. The van der Waals surface area contributed by atoms with E-state index in [9.17, 15) is 13.5 Å². The Hall–Kier alpha value is -0.670.